The van der Waals surface area contributed by atoms with E-state index in [1.807, 2.05) is 6.07 Å². The van der Waals surface area contributed by atoms with Crippen molar-refractivity contribution in [3.63, 3.8) is 0 Å². The quantitative estimate of drug-likeness (QED) is 0.377. The Labute approximate surface area is 168 Å². The van der Waals surface area contributed by atoms with Crippen LogP contribution in [0.3, 0.4) is 0 Å². The molecule has 1 saturated heterocycles. The third kappa shape index (κ3) is 3.92. The molecule has 26 heavy (non-hydrogen) atoms. The lowest BCUT2D eigenvalue weighted by atomic mass is 10.1. The lowest BCUT2D eigenvalue weighted by molar-refractivity contribution is -0.151. The van der Waals surface area contributed by atoms with Crippen LogP contribution in [0, 0.1) is 0 Å². The Kier molecular flexibility index (Phi) is 5.95. The molecule has 0 N–H and O–H groups in total. The van der Waals surface area contributed by atoms with Crippen molar-refractivity contribution in [1.82, 2.24) is 4.90 Å². The van der Waals surface area contributed by atoms with Gasteiger partial charge in [0.1, 0.15) is 10.1 Å². The highest BCUT2D eigenvalue weighted by molar-refractivity contribution is 9.10. The number of hydrogen-bond acceptors (Lipinski definition) is 6. The van der Waals surface area contributed by atoms with Gasteiger partial charge in [0.25, 0.3) is 5.91 Å². The van der Waals surface area contributed by atoms with E-state index in [1.54, 1.807) is 49.4 Å². The minimum Gasteiger partial charge on any atom is -0.464 e. The predicted octanol–water partition coefficient (Wildman–Crippen LogP) is 4.55. The first kappa shape index (κ1) is 18.9. The molecular weight excluding hydrogens is 438 g/mol. The summed E-state index contributed by atoms with van der Waals surface area (Å²) in [4.78, 5) is 27.2. The zero-order valence-corrected chi connectivity index (χ0v) is 16.9. The van der Waals surface area contributed by atoms with Gasteiger partial charge in [0, 0.05) is 6.08 Å². The van der Waals surface area contributed by atoms with E-state index >= 15 is 0 Å². The number of ether oxygens (including phenoxy) is 1. The Morgan fingerprint density at radius 3 is 2.69 bits per heavy atom. The van der Waals surface area contributed by atoms with Gasteiger partial charge in [0.15, 0.2) is 10.7 Å². The molecule has 1 amide bonds. The highest BCUT2D eigenvalue weighted by Gasteiger charge is 2.42. The topological polar surface area (TPSA) is 59.8 Å². The smallest absolute Gasteiger partial charge is 0.333 e. The Bertz CT molecular complexity index is 878. The second-order valence-electron chi connectivity index (χ2n) is 5.26. The SMILES string of the molecule is CCOC(=O)C(c1ccccc1)N1C(=O)/C(=C\c2ccc(Br)o2)SC1=S. The van der Waals surface area contributed by atoms with Crippen LogP contribution in [0.15, 0.2) is 56.5 Å². The normalized spacial score (nSPS) is 17.0. The fraction of sp³-hybridized carbons (Fsp3) is 0.167. The Hall–Kier alpha value is -1.90. The molecule has 1 unspecified atom stereocenters. The van der Waals surface area contributed by atoms with E-state index in [0.717, 1.165) is 11.8 Å². The first-order valence-corrected chi connectivity index (χ1v) is 9.77. The van der Waals surface area contributed by atoms with Gasteiger partial charge in [-0.15, -0.1) is 0 Å². The van der Waals surface area contributed by atoms with Crippen LogP contribution in [-0.4, -0.2) is 27.7 Å². The van der Waals surface area contributed by atoms with E-state index in [0.29, 0.717) is 25.2 Å². The third-order valence-corrected chi connectivity index (χ3v) is 5.33. The second kappa shape index (κ2) is 8.20. The molecular formula is C18H14BrNO4S2. The van der Waals surface area contributed by atoms with Gasteiger partial charge < -0.3 is 9.15 Å². The van der Waals surface area contributed by atoms with E-state index in [1.165, 1.54) is 4.90 Å². The number of esters is 1. The van der Waals surface area contributed by atoms with Gasteiger partial charge in [0.2, 0.25) is 0 Å². The van der Waals surface area contributed by atoms with Crippen molar-refractivity contribution in [2.45, 2.75) is 13.0 Å². The van der Waals surface area contributed by atoms with Crippen molar-refractivity contribution < 1.29 is 18.7 Å². The summed E-state index contributed by atoms with van der Waals surface area (Å²) < 4.78 is 11.5. The highest BCUT2D eigenvalue weighted by atomic mass is 79.9. The van der Waals surface area contributed by atoms with E-state index in [-0.39, 0.29) is 12.5 Å². The summed E-state index contributed by atoms with van der Waals surface area (Å²) in [7, 11) is 0. The fourth-order valence-corrected chi connectivity index (χ4v) is 4.10. The number of furan rings is 1. The summed E-state index contributed by atoms with van der Waals surface area (Å²) in [5.41, 5.74) is 0.643. The number of carbonyl (C=O) groups excluding carboxylic acids is 2. The number of thioether (sulfide) groups is 1. The number of rotatable bonds is 5. The Morgan fingerprint density at radius 2 is 2.08 bits per heavy atom. The summed E-state index contributed by atoms with van der Waals surface area (Å²) >= 11 is 9.73. The average Bonchev–Trinajstić information content (AvgIpc) is 3.14. The van der Waals surface area contributed by atoms with Crippen LogP contribution < -0.4 is 0 Å². The summed E-state index contributed by atoms with van der Waals surface area (Å²) in [6.07, 6.45) is 1.61. The molecule has 1 aliphatic heterocycles. The standard InChI is InChI=1S/C18H14BrNO4S2/c1-2-23-17(22)15(11-6-4-3-5-7-11)20-16(21)13(26-18(20)25)10-12-8-9-14(19)24-12/h3-10,15H,2H2,1H3/b13-10+. The minimum absolute atomic E-state index is 0.215. The zero-order chi connectivity index (χ0) is 18.7. The molecule has 2 aromatic rings. The molecule has 3 rings (SSSR count). The van der Waals surface area contributed by atoms with Gasteiger partial charge >= 0.3 is 5.97 Å². The van der Waals surface area contributed by atoms with Crippen LogP contribution in [0.5, 0.6) is 0 Å². The maximum absolute atomic E-state index is 12.9. The molecule has 134 valence electrons. The third-order valence-electron chi connectivity index (χ3n) is 3.57. The lowest BCUT2D eigenvalue weighted by Crippen LogP contribution is -2.38. The van der Waals surface area contributed by atoms with Gasteiger partial charge in [-0.05, 0) is 40.5 Å². The maximum atomic E-state index is 12.9. The summed E-state index contributed by atoms with van der Waals surface area (Å²) in [5.74, 6) is -0.351. The van der Waals surface area contributed by atoms with Gasteiger partial charge in [-0.2, -0.15) is 0 Å². The van der Waals surface area contributed by atoms with Gasteiger partial charge in [-0.1, -0.05) is 54.3 Å². The largest absolute Gasteiger partial charge is 0.464 e. The molecule has 8 heteroatoms. The molecule has 1 aliphatic rings. The number of nitrogens with zero attached hydrogens (tertiary/aromatic N) is 1. The van der Waals surface area contributed by atoms with Crippen LogP contribution >= 0.6 is 39.9 Å². The Morgan fingerprint density at radius 1 is 1.35 bits per heavy atom. The summed E-state index contributed by atoms with van der Waals surface area (Å²) in [6.45, 7) is 1.94. The molecule has 0 bridgehead atoms. The monoisotopic (exact) mass is 451 g/mol. The van der Waals surface area contributed by atoms with E-state index in [2.05, 4.69) is 15.9 Å². The van der Waals surface area contributed by atoms with Gasteiger partial charge in [0.05, 0.1) is 11.5 Å². The van der Waals surface area contributed by atoms with Crippen LogP contribution in [-0.2, 0) is 14.3 Å². The number of thiocarbonyl (C=S) groups is 1. The van der Waals surface area contributed by atoms with Crippen molar-refractivity contribution in [3.05, 3.63) is 63.4 Å². The predicted molar refractivity (Wildman–Crippen MR) is 107 cm³/mol. The number of halogens is 1. The average molecular weight is 452 g/mol. The minimum atomic E-state index is -0.919. The molecule has 0 aliphatic carbocycles. The van der Waals surface area contributed by atoms with Crippen LogP contribution in [0.25, 0.3) is 6.08 Å². The molecule has 1 atom stereocenters. The van der Waals surface area contributed by atoms with E-state index in [4.69, 9.17) is 21.4 Å². The van der Waals surface area contributed by atoms with Gasteiger partial charge in [-0.25, -0.2) is 4.79 Å². The molecule has 0 saturated carbocycles. The fourth-order valence-electron chi connectivity index (χ4n) is 2.48. The number of benzene rings is 1. The number of carbonyl (C=O) groups is 2. The van der Waals surface area contributed by atoms with Crippen molar-refractivity contribution in [1.29, 1.82) is 0 Å². The Balaban J connectivity index is 1.96. The van der Waals surface area contributed by atoms with Crippen molar-refractivity contribution in [2.75, 3.05) is 6.61 Å². The van der Waals surface area contributed by atoms with Crippen LogP contribution in [0.2, 0.25) is 0 Å². The van der Waals surface area contributed by atoms with Crippen LogP contribution in [0.1, 0.15) is 24.3 Å². The molecule has 1 aromatic carbocycles. The number of hydrogen-bond donors (Lipinski definition) is 0. The molecule has 0 radical (unpaired) electrons. The summed E-state index contributed by atoms with van der Waals surface area (Å²) in [5, 5.41) is 0. The zero-order valence-electron chi connectivity index (χ0n) is 13.7. The number of amides is 1. The van der Waals surface area contributed by atoms with E-state index in [9.17, 15) is 9.59 Å². The first-order valence-electron chi connectivity index (χ1n) is 7.75. The van der Waals surface area contributed by atoms with Crippen molar-refractivity contribution in [2.24, 2.45) is 0 Å². The molecule has 1 aromatic heterocycles. The second-order valence-corrected chi connectivity index (χ2v) is 7.72. The maximum Gasteiger partial charge on any atom is 0.333 e. The van der Waals surface area contributed by atoms with E-state index < -0.39 is 12.0 Å². The molecule has 1 fully saturated rings. The van der Waals surface area contributed by atoms with Gasteiger partial charge in [-0.3, -0.25) is 9.69 Å². The summed E-state index contributed by atoms with van der Waals surface area (Å²) in [6, 6.07) is 11.5. The van der Waals surface area contributed by atoms with Crippen LogP contribution in [0.4, 0.5) is 0 Å². The molecule has 2 heterocycles. The molecule has 5 nitrogen and oxygen atoms in total. The first-order chi connectivity index (χ1) is 12.5. The lowest BCUT2D eigenvalue weighted by Gasteiger charge is -2.25. The molecule has 0 spiro atoms. The van der Waals surface area contributed by atoms with Crippen molar-refractivity contribution >= 4 is 62.2 Å². The highest BCUT2D eigenvalue weighted by Crippen LogP contribution is 2.39. The van der Waals surface area contributed by atoms with Crippen molar-refractivity contribution in [3.8, 4) is 0 Å².